The molecule has 8 heteroatoms. The van der Waals surface area contributed by atoms with Crippen LogP contribution in [0.25, 0.3) is 11.4 Å². The zero-order valence-corrected chi connectivity index (χ0v) is 22.1. The van der Waals surface area contributed by atoms with Crippen molar-refractivity contribution in [1.29, 1.82) is 5.26 Å². The number of thiophene rings is 1. The van der Waals surface area contributed by atoms with E-state index in [0.717, 1.165) is 48.2 Å². The van der Waals surface area contributed by atoms with E-state index in [1.807, 2.05) is 36.7 Å². The van der Waals surface area contributed by atoms with Crippen molar-refractivity contribution in [1.82, 2.24) is 14.8 Å². The molecule has 0 saturated carbocycles. The molecular weight excluding hydrogens is 462 g/mol. The van der Waals surface area contributed by atoms with Crippen LogP contribution in [-0.4, -0.2) is 26.4 Å². The van der Waals surface area contributed by atoms with Crippen LogP contribution >= 0.6 is 23.1 Å². The maximum Gasteiger partial charge on any atom is 0.235 e. The lowest BCUT2D eigenvalue weighted by Gasteiger charge is -2.36. The molecule has 1 atom stereocenters. The van der Waals surface area contributed by atoms with E-state index in [9.17, 15) is 10.1 Å². The van der Waals surface area contributed by atoms with Crippen LogP contribution in [0.2, 0.25) is 0 Å². The number of hydrogen-bond donors (Lipinski definition) is 1. The second-order valence-corrected chi connectivity index (χ2v) is 11.7. The Hall–Kier alpha value is -2.63. The third-order valence-corrected chi connectivity index (χ3v) is 9.28. The molecule has 2 heterocycles. The summed E-state index contributed by atoms with van der Waals surface area (Å²) in [7, 11) is 1.91. The van der Waals surface area contributed by atoms with Crippen LogP contribution in [0.5, 0.6) is 0 Å². The number of aryl methyl sites for hydroxylation is 1. The lowest BCUT2D eigenvalue weighted by Crippen LogP contribution is -2.28. The normalized spacial score (nSPS) is 15.6. The number of nitrogens with zero attached hydrogens (tertiary/aromatic N) is 4. The van der Waals surface area contributed by atoms with E-state index in [1.54, 1.807) is 11.3 Å². The van der Waals surface area contributed by atoms with Gasteiger partial charge in [-0.2, -0.15) is 5.26 Å². The minimum atomic E-state index is -0.134. The van der Waals surface area contributed by atoms with E-state index >= 15 is 0 Å². The molecule has 0 saturated heterocycles. The number of aromatic nitrogens is 3. The highest BCUT2D eigenvalue weighted by Gasteiger charge is 2.34. The Morgan fingerprint density at radius 1 is 1.38 bits per heavy atom. The molecule has 2 aromatic heterocycles. The number of benzene rings is 1. The smallest absolute Gasteiger partial charge is 0.235 e. The van der Waals surface area contributed by atoms with Gasteiger partial charge in [0.25, 0.3) is 0 Å². The van der Waals surface area contributed by atoms with Gasteiger partial charge in [0.15, 0.2) is 11.0 Å². The molecule has 34 heavy (non-hydrogen) atoms. The first-order valence-electron chi connectivity index (χ1n) is 11.7. The van der Waals surface area contributed by atoms with Crippen molar-refractivity contribution >= 4 is 34.0 Å². The van der Waals surface area contributed by atoms with Gasteiger partial charge in [-0.1, -0.05) is 62.7 Å². The molecule has 178 valence electrons. The summed E-state index contributed by atoms with van der Waals surface area (Å²) in [6.45, 7) is 8.95. The number of carbonyl (C=O) groups excluding carboxylic acids is 1. The molecule has 6 nitrogen and oxygen atoms in total. The molecule has 0 bridgehead atoms. The number of amides is 1. The second kappa shape index (κ2) is 9.93. The number of thioether (sulfide) groups is 1. The van der Waals surface area contributed by atoms with Gasteiger partial charge in [0.05, 0.1) is 11.3 Å². The van der Waals surface area contributed by atoms with E-state index < -0.39 is 0 Å². The topological polar surface area (TPSA) is 83.6 Å². The SMILES string of the molecule is CCC(C)(C)C1CCc2c(sc(NC(=O)CSc3nnc(-c4cccc(C)c4)n3C)c2C#N)C1. The fourth-order valence-corrected chi connectivity index (χ4v) is 6.52. The maximum absolute atomic E-state index is 12.8. The predicted molar refractivity (Wildman–Crippen MR) is 139 cm³/mol. The zero-order chi connectivity index (χ0) is 24.5. The summed E-state index contributed by atoms with van der Waals surface area (Å²) < 4.78 is 1.91. The molecule has 0 radical (unpaired) electrons. The lowest BCUT2D eigenvalue weighted by molar-refractivity contribution is -0.113. The van der Waals surface area contributed by atoms with Crippen LogP contribution < -0.4 is 5.32 Å². The van der Waals surface area contributed by atoms with Crippen molar-refractivity contribution in [3.05, 3.63) is 45.8 Å². The summed E-state index contributed by atoms with van der Waals surface area (Å²) >= 11 is 2.92. The van der Waals surface area contributed by atoms with Crippen molar-refractivity contribution in [3.63, 3.8) is 0 Å². The van der Waals surface area contributed by atoms with Gasteiger partial charge >= 0.3 is 0 Å². The summed E-state index contributed by atoms with van der Waals surface area (Å²) in [6.07, 6.45) is 4.13. The van der Waals surface area contributed by atoms with Crippen molar-refractivity contribution < 1.29 is 4.79 Å². The second-order valence-electron chi connectivity index (χ2n) is 9.67. The number of hydrogen-bond acceptors (Lipinski definition) is 6. The monoisotopic (exact) mass is 493 g/mol. The molecule has 0 spiro atoms. The Balaban J connectivity index is 1.43. The zero-order valence-electron chi connectivity index (χ0n) is 20.4. The van der Waals surface area contributed by atoms with Crippen LogP contribution in [0.15, 0.2) is 29.4 Å². The Kier molecular flexibility index (Phi) is 7.15. The Morgan fingerprint density at radius 3 is 2.88 bits per heavy atom. The Labute approximate surface area is 209 Å². The van der Waals surface area contributed by atoms with Crippen LogP contribution in [0.4, 0.5) is 5.00 Å². The fourth-order valence-electron chi connectivity index (χ4n) is 4.52. The third kappa shape index (κ3) is 4.91. The van der Waals surface area contributed by atoms with Gasteiger partial charge < -0.3 is 9.88 Å². The largest absolute Gasteiger partial charge is 0.316 e. The molecule has 0 fully saturated rings. The Morgan fingerprint density at radius 2 is 2.18 bits per heavy atom. The number of nitrogens with one attached hydrogen (secondary N) is 1. The molecule has 3 aromatic rings. The fraction of sp³-hybridized carbons (Fsp3) is 0.462. The van der Waals surface area contributed by atoms with Gasteiger partial charge in [-0.15, -0.1) is 21.5 Å². The summed E-state index contributed by atoms with van der Waals surface area (Å²) in [4.78, 5) is 14.0. The highest BCUT2D eigenvalue weighted by atomic mass is 32.2. The number of nitriles is 1. The highest BCUT2D eigenvalue weighted by Crippen LogP contribution is 2.45. The van der Waals surface area contributed by atoms with Crippen molar-refractivity contribution in [2.75, 3.05) is 11.1 Å². The molecule has 1 aliphatic rings. The number of carbonyl (C=O) groups is 1. The van der Waals surface area contributed by atoms with Crippen molar-refractivity contribution in [2.24, 2.45) is 18.4 Å². The van der Waals surface area contributed by atoms with Gasteiger partial charge in [0.1, 0.15) is 11.1 Å². The maximum atomic E-state index is 12.8. The predicted octanol–water partition coefficient (Wildman–Crippen LogP) is 6.00. The average molecular weight is 494 g/mol. The molecule has 1 unspecified atom stereocenters. The average Bonchev–Trinajstić information content (AvgIpc) is 3.36. The molecule has 1 amide bonds. The molecular formula is C26H31N5OS2. The minimum Gasteiger partial charge on any atom is -0.316 e. The first kappa shape index (κ1) is 24.5. The Bertz CT molecular complexity index is 1250. The van der Waals surface area contributed by atoms with Gasteiger partial charge in [0.2, 0.25) is 5.91 Å². The summed E-state index contributed by atoms with van der Waals surface area (Å²) in [5.74, 6) is 1.45. The van der Waals surface area contributed by atoms with E-state index in [0.29, 0.717) is 21.6 Å². The summed E-state index contributed by atoms with van der Waals surface area (Å²) in [5, 5.41) is 22.8. The molecule has 0 aliphatic heterocycles. The van der Waals surface area contributed by atoms with Gasteiger partial charge in [0, 0.05) is 17.5 Å². The summed E-state index contributed by atoms with van der Waals surface area (Å²) in [5.41, 5.74) is 4.22. The van der Waals surface area contributed by atoms with Gasteiger partial charge in [-0.05, 0) is 49.1 Å². The minimum absolute atomic E-state index is 0.134. The molecule has 1 aliphatic carbocycles. The van der Waals surface area contributed by atoms with Crippen LogP contribution in [0.1, 0.15) is 55.2 Å². The van der Waals surface area contributed by atoms with E-state index in [4.69, 9.17) is 0 Å². The van der Waals surface area contributed by atoms with Crippen molar-refractivity contribution in [2.45, 2.75) is 58.5 Å². The van der Waals surface area contributed by atoms with Gasteiger partial charge in [-0.25, -0.2) is 0 Å². The quantitative estimate of drug-likeness (QED) is 0.408. The van der Waals surface area contributed by atoms with Crippen LogP contribution in [0, 0.1) is 29.6 Å². The van der Waals surface area contributed by atoms with Crippen LogP contribution in [0.3, 0.4) is 0 Å². The lowest BCUT2D eigenvalue weighted by atomic mass is 9.69. The van der Waals surface area contributed by atoms with Crippen LogP contribution in [-0.2, 0) is 24.7 Å². The van der Waals surface area contributed by atoms with Gasteiger partial charge in [-0.3, -0.25) is 4.79 Å². The third-order valence-electron chi connectivity index (χ3n) is 7.09. The van der Waals surface area contributed by atoms with E-state index in [1.165, 1.54) is 16.6 Å². The van der Waals surface area contributed by atoms with E-state index in [2.05, 4.69) is 48.4 Å². The summed E-state index contributed by atoms with van der Waals surface area (Å²) in [6, 6.07) is 10.5. The highest BCUT2D eigenvalue weighted by molar-refractivity contribution is 7.99. The number of rotatable bonds is 7. The molecule has 4 rings (SSSR count). The molecule has 1 aromatic carbocycles. The molecule has 1 N–H and O–H groups in total. The first-order valence-corrected chi connectivity index (χ1v) is 13.5. The standard InChI is InChI=1S/C26H31N5OS2/c1-6-26(3,4)18-10-11-19-20(14-27)24(34-21(19)13-18)28-22(32)15-33-25-30-29-23(31(25)5)17-9-7-8-16(2)12-17/h7-9,12,18H,6,10-11,13,15H2,1-5H3,(H,28,32). The number of fused-ring (bicyclic) bond motifs is 1. The van der Waals surface area contributed by atoms with E-state index in [-0.39, 0.29) is 17.1 Å². The van der Waals surface area contributed by atoms with Crippen molar-refractivity contribution in [3.8, 4) is 17.5 Å². The number of anilines is 1. The first-order chi connectivity index (χ1) is 16.2.